The van der Waals surface area contributed by atoms with Crippen molar-refractivity contribution in [3.63, 3.8) is 0 Å². The molecule has 11 heteroatoms. The summed E-state index contributed by atoms with van der Waals surface area (Å²) in [5.74, 6) is -2.35. The number of aryl methyl sites for hydroxylation is 1. The minimum Gasteiger partial charge on any atom is -0.351 e. The molecule has 1 saturated heterocycles. The van der Waals surface area contributed by atoms with E-state index in [0.717, 1.165) is 11.0 Å². The quantitative estimate of drug-likeness (QED) is 0.327. The lowest BCUT2D eigenvalue weighted by molar-refractivity contribution is -0.129. The van der Waals surface area contributed by atoms with Gasteiger partial charge in [0.05, 0.1) is 25.0 Å². The molecule has 4 rings (SSSR count). The average molecular weight is 592 g/mol. The van der Waals surface area contributed by atoms with E-state index in [1.165, 1.54) is 41.4 Å². The standard InChI is InChI=1S/C32H32F3N5O3/c1-21-6-2-3-9-26(21)30(31(42)38-24(12-15-33)13-16-34)39(25-8-4-7-23(35)19-25)32(43)27-10-5-11-29(41)40(27)28-18-22(20-36)14-17-37-28/h2-4,6-9,14,17-19,24,27,30H,5,10-13,15-16H2,1H3,(H,38,42)/t27-,30-/m0/s1. The van der Waals surface area contributed by atoms with Gasteiger partial charge in [0.15, 0.2) is 0 Å². The molecule has 0 bridgehead atoms. The van der Waals surface area contributed by atoms with Gasteiger partial charge in [-0.1, -0.05) is 30.3 Å². The first-order chi connectivity index (χ1) is 20.8. The lowest BCUT2D eigenvalue weighted by Crippen LogP contribution is -2.56. The van der Waals surface area contributed by atoms with Crippen molar-refractivity contribution in [2.24, 2.45) is 0 Å². The van der Waals surface area contributed by atoms with Crippen molar-refractivity contribution >= 4 is 29.2 Å². The predicted molar refractivity (Wildman–Crippen MR) is 155 cm³/mol. The number of hydrogen-bond donors (Lipinski definition) is 1. The van der Waals surface area contributed by atoms with Crippen LogP contribution in [0.2, 0.25) is 0 Å². The molecule has 1 aromatic heterocycles. The zero-order valence-corrected chi connectivity index (χ0v) is 23.7. The van der Waals surface area contributed by atoms with E-state index in [1.807, 2.05) is 6.07 Å². The zero-order valence-electron chi connectivity index (χ0n) is 23.7. The number of rotatable bonds is 11. The van der Waals surface area contributed by atoms with Crippen LogP contribution in [0.4, 0.5) is 24.7 Å². The number of piperidine rings is 1. The molecule has 2 atom stereocenters. The van der Waals surface area contributed by atoms with Gasteiger partial charge in [-0.05, 0) is 74.1 Å². The average Bonchev–Trinajstić information content (AvgIpc) is 3.00. The molecule has 3 amide bonds. The number of carbonyl (C=O) groups is 3. The number of amides is 3. The smallest absolute Gasteiger partial charge is 0.251 e. The SMILES string of the molecule is Cc1ccccc1[C@@H](C(=O)NC(CCF)CCF)N(C(=O)[C@@H]1CCCC(=O)N1c1cc(C#N)ccn1)c1cccc(F)c1. The molecule has 0 saturated carbocycles. The van der Waals surface area contributed by atoms with Crippen molar-refractivity contribution < 1.29 is 27.6 Å². The summed E-state index contributed by atoms with van der Waals surface area (Å²) in [4.78, 5) is 48.6. The number of anilines is 2. The lowest BCUT2D eigenvalue weighted by atomic mass is 9.94. The molecule has 2 heterocycles. The normalized spacial score (nSPS) is 15.6. The van der Waals surface area contributed by atoms with Crippen LogP contribution in [0.1, 0.15) is 54.8 Å². The molecule has 224 valence electrons. The molecule has 0 radical (unpaired) electrons. The Morgan fingerprint density at radius 1 is 1.12 bits per heavy atom. The number of nitrogens with zero attached hydrogens (tertiary/aromatic N) is 4. The maximum atomic E-state index is 14.7. The van der Waals surface area contributed by atoms with Gasteiger partial charge in [-0.25, -0.2) is 9.37 Å². The number of halogens is 3. The Hall–Kier alpha value is -4.72. The number of aromatic nitrogens is 1. The molecule has 43 heavy (non-hydrogen) atoms. The third-order valence-corrected chi connectivity index (χ3v) is 7.43. The monoisotopic (exact) mass is 591 g/mol. The number of hydrogen-bond acceptors (Lipinski definition) is 5. The van der Waals surface area contributed by atoms with Crippen LogP contribution in [0, 0.1) is 24.1 Å². The van der Waals surface area contributed by atoms with E-state index in [1.54, 1.807) is 31.2 Å². The maximum Gasteiger partial charge on any atom is 0.251 e. The molecule has 0 aliphatic carbocycles. The lowest BCUT2D eigenvalue weighted by Gasteiger charge is -2.40. The van der Waals surface area contributed by atoms with E-state index in [9.17, 15) is 32.8 Å². The third-order valence-electron chi connectivity index (χ3n) is 7.43. The van der Waals surface area contributed by atoms with Crippen LogP contribution < -0.4 is 15.1 Å². The van der Waals surface area contributed by atoms with E-state index >= 15 is 0 Å². The Labute approximate surface area is 248 Å². The second-order valence-electron chi connectivity index (χ2n) is 10.3. The molecule has 0 unspecified atom stereocenters. The Bertz CT molecular complexity index is 1510. The second kappa shape index (κ2) is 14.4. The van der Waals surface area contributed by atoms with Crippen molar-refractivity contribution in [2.45, 2.75) is 57.2 Å². The maximum absolute atomic E-state index is 14.7. The Morgan fingerprint density at radius 2 is 1.86 bits per heavy atom. The fourth-order valence-electron chi connectivity index (χ4n) is 5.32. The van der Waals surface area contributed by atoms with Crippen LogP contribution in [-0.4, -0.2) is 48.1 Å². The molecule has 1 N–H and O–H groups in total. The highest BCUT2D eigenvalue weighted by atomic mass is 19.1. The fraction of sp³-hybridized carbons (Fsp3) is 0.344. The first kappa shape index (κ1) is 31.2. The molecule has 1 fully saturated rings. The highest BCUT2D eigenvalue weighted by molar-refractivity contribution is 6.09. The number of benzene rings is 2. The van der Waals surface area contributed by atoms with E-state index < -0.39 is 55.0 Å². The van der Waals surface area contributed by atoms with Gasteiger partial charge in [-0.3, -0.25) is 33.0 Å². The van der Waals surface area contributed by atoms with E-state index in [-0.39, 0.29) is 42.8 Å². The molecule has 1 aliphatic rings. The Kier molecular flexibility index (Phi) is 10.5. The van der Waals surface area contributed by atoms with Gasteiger partial charge in [0.1, 0.15) is 23.7 Å². The summed E-state index contributed by atoms with van der Waals surface area (Å²) in [6.45, 7) is 0.166. The summed E-state index contributed by atoms with van der Waals surface area (Å²) >= 11 is 0. The highest BCUT2D eigenvalue weighted by Gasteiger charge is 2.43. The summed E-state index contributed by atoms with van der Waals surface area (Å²) in [6.07, 6.45) is 1.82. The van der Waals surface area contributed by atoms with Crippen molar-refractivity contribution in [1.29, 1.82) is 5.26 Å². The van der Waals surface area contributed by atoms with Gasteiger partial charge < -0.3 is 5.32 Å². The first-order valence-electron chi connectivity index (χ1n) is 14.0. The predicted octanol–water partition coefficient (Wildman–Crippen LogP) is 5.26. The van der Waals surface area contributed by atoms with Crippen LogP contribution in [0.5, 0.6) is 0 Å². The van der Waals surface area contributed by atoms with Crippen molar-refractivity contribution in [3.8, 4) is 6.07 Å². The van der Waals surface area contributed by atoms with E-state index in [0.29, 0.717) is 17.5 Å². The molecular weight excluding hydrogens is 559 g/mol. The zero-order chi connectivity index (χ0) is 30.9. The summed E-state index contributed by atoms with van der Waals surface area (Å²) in [5.41, 5.74) is 1.35. The summed E-state index contributed by atoms with van der Waals surface area (Å²) in [5, 5.41) is 12.1. The molecule has 1 aliphatic heterocycles. The summed E-state index contributed by atoms with van der Waals surface area (Å²) in [7, 11) is 0. The van der Waals surface area contributed by atoms with Gasteiger partial charge >= 0.3 is 0 Å². The molecule has 8 nitrogen and oxygen atoms in total. The minimum atomic E-state index is -1.38. The van der Waals surface area contributed by atoms with Gasteiger partial charge in [-0.15, -0.1) is 0 Å². The van der Waals surface area contributed by atoms with Gasteiger partial charge in [0, 0.05) is 24.3 Å². The highest BCUT2D eigenvalue weighted by Crippen LogP contribution is 2.34. The van der Waals surface area contributed by atoms with E-state index in [2.05, 4.69) is 10.3 Å². The van der Waals surface area contributed by atoms with Gasteiger partial charge in [0.2, 0.25) is 11.8 Å². The molecule has 2 aromatic carbocycles. The second-order valence-corrected chi connectivity index (χ2v) is 10.3. The fourth-order valence-corrected chi connectivity index (χ4v) is 5.32. The Balaban J connectivity index is 1.88. The summed E-state index contributed by atoms with van der Waals surface area (Å²) < 4.78 is 41.2. The number of carbonyl (C=O) groups excluding carboxylic acids is 3. The van der Waals surface area contributed by atoms with Crippen LogP contribution in [0.25, 0.3) is 0 Å². The minimum absolute atomic E-state index is 0.0534. The number of alkyl halides is 2. The van der Waals surface area contributed by atoms with Gasteiger partial charge in [-0.2, -0.15) is 5.26 Å². The van der Waals surface area contributed by atoms with Crippen molar-refractivity contribution in [2.75, 3.05) is 23.1 Å². The molecule has 0 spiro atoms. The van der Waals surface area contributed by atoms with Crippen LogP contribution in [0.3, 0.4) is 0 Å². The Morgan fingerprint density at radius 3 is 2.53 bits per heavy atom. The topological polar surface area (TPSA) is 106 Å². The third kappa shape index (κ3) is 7.20. The van der Waals surface area contributed by atoms with Crippen LogP contribution >= 0.6 is 0 Å². The summed E-state index contributed by atoms with van der Waals surface area (Å²) in [6, 6.07) is 13.5. The van der Waals surface area contributed by atoms with Crippen molar-refractivity contribution in [1.82, 2.24) is 10.3 Å². The van der Waals surface area contributed by atoms with Gasteiger partial charge in [0.25, 0.3) is 5.91 Å². The van der Waals surface area contributed by atoms with Crippen LogP contribution in [-0.2, 0) is 14.4 Å². The molecular formula is C32H32F3N5O3. The van der Waals surface area contributed by atoms with E-state index in [4.69, 9.17) is 0 Å². The van der Waals surface area contributed by atoms with Crippen molar-refractivity contribution in [3.05, 3.63) is 89.4 Å². The van der Waals surface area contributed by atoms with Crippen LogP contribution in [0.15, 0.2) is 66.9 Å². The number of nitrogens with one attached hydrogen (secondary N) is 1. The largest absolute Gasteiger partial charge is 0.351 e. The number of nitriles is 1. The first-order valence-corrected chi connectivity index (χ1v) is 14.0. The number of pyridine rings is 1. The molecule has 3 aromatic rings.